The van der Waals surface area contributed by atoms with Gasteiger partial charge in [0.05, 0.1) is 18.7 Å². The molecule has 0 bridgehead atoms. The van der Waals surface area contributed by atoms with Crippen LogP contribution in [-0.2, 0) is 9.53 Å². The molecule has 0 aromatic carbocycles. The topological polar surface area (TPSA) is 70.3 Å². The summed E-state index contributed by atoms with van der Waals surface area (Å²) in [6, 6.07) is 2.69. The molecule has 1 aromatic heterocycles. The fourth-order valence-corrected chi connectivity index (χ4v) is 4.04. The number of anilines is 1. The van der Waals surface area contributed by atoms with Crippen molar-refractivity contribution in [2.24, 2.45) is 0 Å². The normalized spacial score (nSPS) is 19.6. The van der Waals surface area contributed by atoms with Crippen molar-refractivity contribution >= 4 is 11.7 Å². The average molecular weight is 344 g/mol. The molecule has 0 radical (unpaired) electrons. The molecule has 1 saturated carbocycles. The highest BCUT2D eigenvalue weighted by Gasteiger charge is 2.27. The summed E-state index contributed by atoms with van der Waals surface area (Å²) in [7, 11) is 0. The lowest BCUT2D eigenvalue weighted by molar-refractivity contribution is -0.117. The molecule has 0 spiro atoms. The summed E-state index contributed by atoms with van der Waals surface area (Å²) >= 11 is 0. The predicted octanol–water partition coefficient (Wildman–Crippen LogP) is 2.75. The first-order valence-corrected chi connectivity index (χ1v) is 9.33. The lowest BCUT2D eigenvalue weighted by atomic mass is 10.2. The van der Waals surface area contributed by atoms with Gasteiger partial charge in [-0.1, -0.05) is 12.8 Å². The summed E-state index contributed by atoms with van der Waals surface area (Å²) in [5, 5.41) is 12.7. The van der Waals surface area contributed by atoms with Crippen molar-refractivity contribution in [1.29, 1.82) is 5.26 Å². The maximum Gasteiger partial charge on any atom is 0.239 e. The van der Waals surface area contributed by atoms with Crippen molar-refractivity contribution in [3.05, 3.63) is 16.8 Å². The van der Waals surface area contributed by atoms with E-state index in [1.807, 2.05) is 6.92 Å². The van der Waals surface area contributed by atoms with E-state index in [4.69, 9.17) is 4.74 Å². The molecule has 1 N–H and O–H groups in total. The van der Waals surface area contributed by atoms with Gasteiger partial charge in [0, 0.05) is 31.4 Å². The molecule has 25 heavy (non-hydrogen) atoms. The molecule has 136 valence electrons. The van der Waals surface area contributed by atoms with Gasteiger partial charge in [-0.3, -0.25) is 9.69 Å². The Labute approximate surface area is 149 Å². The minimum absolute atomic E-state index is 0.0462. The number of hydrogen-bond donors (Lipinski definition) is 1. The minimum Gasteiger partial charge on any atom is -0.380 e. The van der Waals surface area contributed by atoms with Gasteiger partial charge in [-0.25, -0.2) is 0 Å². The first-order valence-electron chi connectivity index (χ1n) is 9.33. The van der Waals surface area contributed by atoms with E-state index in [0.717, 1.165) is 50.2 Å². The summed E-state index contributed by atoms with van der Waals surface area (Å²) < 4.78 is 7.64. The van der Waals surface area contributed by atoms with Crippen LogP contribution in [0, 0.1) is 25.2 Å². The predicted molar refractivity (Wildman–Crippen MR) is 96.6 cm³/mol. The average Bonchev–Trinajstić information content (AvgIpc) is 3.09. The van der Waals surface area contributed by atoms with Crippen molar-refractivity contribution in [3.63, 3.8) is 0 Å². The third kappa shape index (κ3) is 3.88. The summed E-state index contributed by atoms with van der Waals surface area (Å²) in [4.78, 5) is 14.8. The lowest BCUT2D eigenvalue weighted by Gasteiger charge is -2.21. The molecule has 1 aromatic rings. The van der Waals surface area contributed by atoms with Crippen molar-refractivity contribution in [2.75, 3.05) is 38.2 Å². The van der Waals surface area contributed by atoms with Gasteiger partial charge in [0.1, 0.15) is 11.9 Å². The van der Waals surface area contributed by atoms with E-state index in [1.165, 1.54) is 12.8 Å². The van der Waals surface area contributed by atoms with Crippen molar-refractivity contribution in [1.82, 2.24) is 9.47 Å². The number of carbonyl (C=O) groups is 1. The van der Waals surface area contributed by atoms with Crippen LogP contribution in [0.3, 0.4) is 0 Å². The molecular weight excluding hydrogens is 316 g/mol. The Bertz CT molecular complexity index is 660. The van der Waals surface area contributed by atoms with E-state index in [2.05, 4.69) is 27.8 Å². The molecule has 2 aliphatic rings. The summed E-state index contributed by atoms with van der Waals surface area (Å²) in [6.07, 6.45) is 5.61. The number of rotatable bonds is 4. The van der Waals surface area contributed by atoms with E-state index in [-0.39, 0.29) is 5.91 Å². The first kappa shape index (κ1) is 18.0. The van der Waals surface area contributed by atoms with Crippen LogP contribution < -0.4 is 5.32 Å². The van der Waals surface area contributed by atoms with Crippen molar-refractivity contribution in [3.8, 4) is 6.07 Å². The number of amides is 1. The molecule has 0 unspecified atom stereocenters. The molecule has 3 rings (SSSR count). The van der Waals surface area contributed by atoms with Crippen LogP contribution in [0.1, 0.15) is 55.0 Å². The molecule has 1 aliphatic carbocycles. The Morgan fingerprint density at radius 2 is 2.00 bits per heavy atom. The third-order valence-corrected chi connectivity index (χ3v) is 5.50. The number of carbonyl (C=O) groups excluding carboxylic acids is 1. The van der Waals surface area contributed by atoms with E-state index in [1.54, 1.807) is 0 Å². The fourth-order valence-electron chi connectivity index (χ4n) is 4.04. The van der Waals surface area contributed by atoms with E-state index in [0.29, 0.717) is 30.6 Å². The second-order valence-corrected chi connectivity index (χ2v) is 7.14. The van der Waals surface area contributed by atoms with Gasteiger partial charge in [0.15, 0.2) is 0 Å². The monoisotopic (exact) mass is 344 g/mol. The Balaban J connectivity index is 1.79. The summed E-state index contributed by atoms with van der Waals surface area (Å²) in [5.74, 6) is 0.649. The zero-order chi connectivity index (χ0) is 17.8. The van der Waals surface area contributed by atoms with Gasteiger partial charge in [0.2, 0.25) is 5.91 Å². The van der Waals surface area contributed by atoms with Crippen LogP contribution in [-0.4, -0.2) is 48.2 Å². The number of nitriles is 1. The van der Waals surface area contributed by atoms with Crippen molar-refractivity contribution in [2.45, 2.75) is 52.0 Å². The number of aromatic nitrogens is 1. The molecule has 1 amide bonds. The second-order valence-electron chi connectivity index (χ2n) is 7.14. The highest BCUT2D eigenvalue weighted by atomic mass is 16.5. The number of nitrogens with one attached hydrogen (secondary N) is 1. The molecule has 6 nitrogen and oxygen atoms in total. The van der Waals surface area contributed by atoms with Gasteiger partial charge < -0.3 is 14.6 Å². The smallest absolute Gasteiger partial charge is 0.239 e. The number of ether oxygens (including phenoxy) is 1. The fraction of sp³-hybridized carbons (Fsp3) is 0.684. The van der Waals surface area contributed by atoms with Crippen molar-refractivity contribution < 1.29 is 9.53 Å². The van der Waals surface area contributed by atoms with Crippen LogP contribution in [0.5, 0.6) is 0 Å². The Kier molecular flexibility index (Phi) is 5.77. The van der Waals surface area contributed by atoms with Gasteiger partial charge in [-0.05, 0) is 38.7 Å². The van der Waals surface area contributed by atoms with Crippen LogP contribution in [0.4, 0.5) is 5.82 Å². The molecular formula is C19H28N4O2. The van der Waals surface area contributed by atoms with Gasteiger partial charge in [-0.15, -0.1) is 0 Å². The summed E-state index contributed by atoms with van der Waals surface area (Å²) in [5.41, 5.74) is 2.69. The Morgan fingerprint density at radius 1 is 1.24 bits per heavy atom. The van der Waals surface area contributed by atoms with E-state index < -0.39 is 0 Å². The number of hydrogen-bond acceptors (Lipinski definition) is 4. The highest BCUT2D eigenvalue weighted by Crippen LogP contribution is 2.37. The zero-order valence-corrected chi connectivity index (χ0v) is 15.3. The standard InChI is InChI=1S/C19H28N4O2/c1-14-15(2)23(16-6-3-4-7-16)19(17(14)12-20)21-18(24)13-22-8-5-10-25-11-9-22/h16H,3-11,13H2,1-2H3,(H,21,24). The highest BCUT2D eigenvalue weighted by molar-refractivity contribution is 5.93. The Morgan fingerprint density at radius 3 is 2.72 bits per heavy atom. The van der Waals surface area contributed by atoms with Gasteiger partial charge in [-0.2, -0.15) is 5.26 Å². The first-order chi connectivity index (χ1) is 12.1. The van der Waals surface area contributed by atoms with Crippen LogP contribution in [0.2, 0.25) is 0 Å². The summed E-state index contributed by atoms with van der Waals surface area (Å²) in [6.45, 7) is 7.47. The van der Waals surface area contributed by atoms with Gasteiger partial charge in [0.25, 0.3) is 0 Å². The van der Waals surface area contributed by atoms with Crippen LogP contribution in [0.15, 0.2) is 0 Å². The molecule has 0 atom stereocenters. The van der Waals surface area contributed by atoms with Gasteiger partial charge >= 0.3 is 0 Å². The van der Waals surface area contributed by atoms with E-state index in [9.17, 15) is 10.1 Å². The maximum absolute atomic E-state index is 12.6. The molecule has 6 heteroatoms. The van der Waals surface area contributed by atoms with Crippen LogP contribution >= 0.6 is 0 Å². The SMILES string of the molecule is Cc1c(C#N)c(NC(=O)CN2CCCOCC2)n(C2CCCC2)c1C. The molecule has 2 heterocycles. The van der Waals surface area contributed by atoms with E-state index >= 15 is 0 Å². The molecule has 1 saturated heterocycles. The quantitative estimate of drug-likeness (QED) is 0.912. The lowest BCUT2D eigenvalue weighted by Crippen LogP contribution is -2.35. The maximum atomic E-state index is 12.6. The largest absolute Gasteiger partial charge is 0.380 e. The Hall–Kier alpha value is -1.84. The zero-order valence-electron chi connectivity index (χ0n) is 15.3. The minimum atomic E-state index is -0.0462. The molecule has 2 fully saturated rings. The second kappa shape index (κ2) is 8.03. The third-order valence-electron chi connectivity index (χ3n) is 5.50. The van der Waals surface area contributed by atoms with Crippen LogP contribution in [0.25, 0.3) is 0 Å². The number of nitrogens with zero attached hydrogens (tertiary/aromatic N) is 3. The molecule has 1 aliphatic heterocycles.